The SMILES string of the molecule is C[C@H]1CCCN(C(=O)COC(=O)c2cn(-c3ccccc3)nc2-c2ccc(F)cc2)C1. The maximum atomic E-state index is 13.4. The normalized spacial score (nSPS) is 16.2. The molecule has 1 aliphatic heterocycles. The molecule has 160 valence electrons. The summed E-state index contributed by atoms with van der Waals surface area (Å²) >= 11 is 0. The van der Waals surface area contributed by atoms with E-state index in [0.717, 1.165) is 18.5 Å². The summed E-state index contributed by atoms with van der Waals surface area (Å²) in [5.41, 5.74) is 1.94. The third-order valence-corrected chi connectivity index (χ3v) is 5.41. The van der Waals surface area contributed by atoms with Gasteiger partial charge in [0.15, 0.2) is 6.61 Å². The Labute approximate surface area is 180 Å². The van der Waals surface area contributed by atoms with Crippen LogP contribution in [-0.2, 0) is 9.53 Å². The Balaban J connectivity index is 1.56. The molecule has 0 spiro atoms. The van der Waals surface area contributed by atoms with Crippen molar-refractivity contribution in [2.75, 3.05) is 19.7 Å². The number of amides is 1. The zero-order valence-electron chi connectivity index (χ0n) is 17.3. The summed E-state index contributed by atoms with van der Waals surface area (Å²) in [5, 5.41) is 4.53. The maximum absolute atomic E-state index is 13.4. The van der Waals surface area contributed by atoms with Crippen LogP contribution in [0.5, 0.6) is 0 Å². The highest BCUT2D eigenvalue weighted by atomic mass is 19.1. The summed E-state index contributed by atoms with van der Waals surface area (Å²) in [6.45, 7) is 3.17. The fourth-order valence-corrected chi connectivity index (χ4v) is 3.77. The number of rotatable bonds is 5. The fourth-order valence-electron chi connectivity index (χ4n) is 3.77. The van der Waals surface area contributed by atoms with Gasteiger partial charge in [-0.15, -0.1) is 0 Å². The van der Waals surface area contributed by atoms with Crippen molar-refractivity contribution in [3.8, 4) is 16.9 Å². The van der Waals surface area contributed by atoms with Crippen molar-refractivity contribution in [3.63, 3.8) is 0 Å². The first-order valence-corrected chi connectivity index (χ1v) is 10.4. The number of esters is 1. The molecule has 7 heteroatoms. The lowest BCUT2D eigenvalue weighted by molar-refractivity contribution is -0.136. The topological polar surface area (TPSA) is 64.4 Å². The molecule has 0 radical (unpaired) electrons. The molecule has 0 unspecified atom stereocenters. The Bertz CT molecular complexity index is 1060. The van der Waals surface area contributed by atoms with Crippen LogP contribution in [0.1, 0.15) is 30.1 Å². The van der Waals surface area contributed by atoms with Crippen LogP contribution in [0.4, 0.5) is 4.39 Å². The first-order valence-electron chi connectivity index (χ1n) is 10.4. The van der Waals surface area contributed by atoms with E-state index >= 15 is 0 Å². The lowest BCUT2D eigenvalue weighted by atomic mass is 10.0. The van der Waals surface area contributed by atoms with Crippen molar-refractivity contribution in [1.29, 1.82) is 0 Å². The van der Waals surface area contributed by atoms with E-state index in [-0.39, 0.29) is 23.9 Å². The number of nitrogens with zero attached hydrogens (tertiary/aromatic N) is 3. The number of carbonyl (C=O) groups is 2. The van der Waals surface area contributed by atoms with Gasteiger partial charge >= 0.3 is 5.97 Å². The highest BCUT2D eigenvalue weighted by molar-refractivity contribution is 5.97. The van der Waals surface area contributed by atoms with E-state index in [0.29, 0.717) is 30.3 Å². The Hall–Kier alpha value is -3.48. The summed E-state index contributed by atoms with van der Waals surface area (Å²) in [7, 11) is 0. The Kier molecular flexibility index (Phi) is 6.11. The molecule has 0 saturated carbocycles. The van der Waals surface area contributed by atoms with Gasteiger partial charge in [0.05, 0.1) is 5.69 Å². The van der Waals surface area contributed by atoms with Gasteiger partial charge in [0.1, 0.15) is 17.1 Å². The van der Waals surface area contributed by atoms with E-state index in [9.17, 15) is 14.0 Å². The molecule has 1 saturated heterocycles. The smallest absolute Gasteiger partial charge is 0.342 e. The van der Waals surface area contributed by atoms with E-state index in [2.05, 4.69) is 12.0 Å². The summed E-state index contributed by atoms with van der Waals surface area (Å²) in [5.74, 6) is -0.766. The van der Waals surface area contributed by atoms with Crippen molar-refractivity contribution >= 4 is 11.9 Å². The van der Waals surface area contributed by atoms with Gasteiger partial charge in [0, 0.05) is 24.8 Å². The number of likely N-dealkylation sites (tertiary alicyclic amines) is 1. The predicted molar refractivity (Wildman–Crippen MR) is 114 cm³/mol. The molecule has 0 aliphatic carbocycles. The van der Waals surface area contributed by atoms with Gasteiger partial charge in [-0.1, -0.05) is 25.1 Å². The van der Waals surface area contributed by atoms with Crippen molar-refractivity contribution in [2.45, 2.75) is 19.8 Å². The van der Waals surface area contributed by atoms with Crippen LogP contribution >= 0.6 is 0 Å². The van der Waals surface area contributed by atoms with E-state index in [1.807, 2.05) is 30.3 Å². The molecule has 6 nitrogen and oxygen atoms in total. The molecule has 1 atom stereocenters. The molecule has 0 bridgehead atoms. The average Bonchev–Trinajstić information content (AvgIpc) is 3.24. The van der Waals surface area contributed by atoms with Crippen molar-refractivity contribution in [1.82, 2.24) is 14.7 Å². The van der Waals surface area contributed by atoms with Gasteiger partial charge < -0.3 is 9.64 Å². The molecular formula is C24H24FN3O3. The van der Waals surface area contributed by atoms with Crippen LogP contribution < -0.4 is 0 Å². The summed E-state index contributed by atoms with van der Waals surface area (Å²) in [6, 6.07) is 15.1. The van der Waals surface area contributed by atoms with Gasteiger partial charge in [-0.05, 0) is 55.2 Å². The van der Waals surface area contributed by atoms with E-state index < -0.39 is 5.97 Å². The van der Waals surface area contributed by atoms with Gasteiger partial charge in [-0.3, -0.25) is 4.79 Å². The number of benzene rings is 2. The van der Waals surface area contributed by atoms with Crippen molar-refractivity contribution in [3.05, 3.63) is 72.2 Å². The summed E-state index contributed by atoms with van der Waals surface area (Å²) < 4.78 is 20.3. The number of piperidine rings is 1. The minimum Gasteiger partial charge on any atom is -0.452 e. The molecule has 1 aliphatic rings. The highest BCUT2D eigenvalue weighted by Gasteiger charge is 2.24. The molecule has 3 aromatic rings. The summed E-state index contributed by atoms with van der Waals surface area (Å²) in [6.07, 6.45) is 3.63. The van der Waals surface area contributed by atoms with Gasteiger partial charge in [0.2, 0.25) is 0 Å². The van der Waals surface area contributed by atoms with Crippen molar-refractivity contribution < 1.29 is 18.7 Å². The molecule has 0 N–H and O–H groups in total. The van der Waals surface area contributed by atoms with Crippen LogP contribution in [0.3, 0.4) is 0 Å². The number of carbonyl (C=O) groups excluding carboxylic acids is 2. The zero-order valence-corrected chi connectivity index (χ0v) is 17.3. The number of hydrogen-bond acceptors (Lipinski definition) is 4. The summed E-state index contributed by atoms with van der Waals surface area (Å²) in [4.78, 5) is 27.1. The molecule has 4 rings (SSSR count). The van der Waals surface area contributed by atoms with Crippen molar-refractivity contribution in [2.24, 2.45) is 5.92 Å². The highest BCUT2D eigenvalue weighted by Crippen LogP contribution is 2.25. The number of halogens is 1. The van der Waals surface area contributed by atoms with E-state index in [1.54, 1.807) is 27.9 Å². The minimum atomic E-state index is -0.639. The lowest BCUT2D eigenvalue weighted by Gasteiger charge is -2.30. The second kappa shape index (κ2) is 9.12. The molecule has 2 aromatic carbocycles. The quantitative estimate of drug-likeness (QED) is 0.582. The monoisotopic (exact) mass is 421 g/mol. The van der Waals surface area contributed by atoms with E-state index in [4.69, 9.17) is 4.74 Å². The first kappa shape index (κ1) is 20.8. The van der Waals surface area contributed by atoms with Gasteiger partial charge in [0.25, 0.3) is 5.91 Å². The molecule has 31 heavy (non-hydrogen) atoms. The van der Waals surface area contributed by atoms with E-state index in [1.165, 1.54) is 12.1 Å². The van der Waals surface area contributed by atoms with Gasteiger partial charge in [-0.25, -0.2) is 13.9 Å². The standard InChI is InChI=1S/C24H24FN3O3/c1-17-6-5-13-27(14-17)22(29)16-31-24(30)21-15-28(20-7-3-2-4-8-20)26-23(21)18-9-11-19(25)12-10-18/h2-4,7-12,15,17H,5-6,13-14,16H2,1H3/t17-/m0/s1. The Morgan fingerprint density at radius 1 is 1.13 bits per heavy atom. The van der Waals surface area contributed by atoms with Crippen LogP contribution in [0.25, 0.3) is 16.9 Å². The maximum Gasteiger partial charge on any atom is 0.342 e. The number of ether oxygens (including phenoxy) is 1. The number of para-hydroxylation sites is 1. The molecular weight excluding hydrogens is 397 g/mol. The van der Waals surface area contributed by atoms with Gasteiger partial charge in [-0.2, -0.15) is 5.10 Å². The second-order valence-electron chi connectivity index (χ2n) is 7.84. The molecule has 2 heterocycles. The second-order valence-corrected chi connectivity index (χ2v) is 7.84. The third kappa shape index (κ3) is 4.82. The van der Waals surface area contributed by atoms with Crippen LogP contribution in [0, 0.1) is 11.7 Å². The van der Waals surface area contributed by atoms with Crippen LogP contribution in [-0.4, -0.2) is 46.3 Å². The predicted octanol–water partition coefficient (Wildman–Crippen LogP) is 4.09. The average molecular weight is 421 g/mol. The van der Waals surface area contributed by atoms with Crippen LogP contribution in [0.15, 0.2) is 60.8 Å². The Morgan fingerprint density at radius 2 is 1.87 bits per heavy atom. The fraction of sp³-hybridized carbons (Fsp3) is 0.292. The minimum absolute atomic E-state index is 0.196. The molecule has 1 aromatic heterocycles. The molecule has 1 amide bonds. The zero-order chi connectivity index (χ0) is 21.8. The largest absolute Gasteiger partial charge is 0.452 e. The third-order valence-electron chi connectivity index (χ3n) is 5.41. The first-order chi connectivity index (χ1) is 15.0. The molecule has 1 fully saturated rings. The number of aromatic nitrogens is 2. The Morgan fingerprint density at radius 3 is 2.58 bits per heavy atom. The van der Waals surface area contributed by atoms with Crippen LogP contribution in [0.2, 0.25) is 0 Å². The lowest BCUT2D eigenvalue weighted by Crippen LogP contribution is -2.41. The number of hydrogen-bond donors (Lipinski definition) is 0.